The van der Waals surface area contributed by atoms with Gasteiger partial charge in [0, 0.05) is 7.05 Å². The normalized spacial score (nSPS) is 9.93. The molecule has 1 heterocycles. The van der Waals surface area contributed by atoms with Gasteiger partial charge in [0.1, 0.15) is 6.54 Å². The van der Waals surface area contributed by atoms with Crippen LogP contribution in [-0.4, -0.2) is 22.5 Å². The van der Waals surface area contributed by atoms with E-state index in [1.165, 1.54) is 17.9 Å². The fourth-order valence-electron chi connectivity index (χ4n) is 0.893. The van der Waals surface area contributed by atoms with E-state index in [1.54, 1.807) is 6.92 Å². The van der Waals surface area contributed by atoms with Gasteiger partial charge < -0.3 is 5.32 Å². The van der Waals surface area contributed by atoms with E-state index in [1.807, 2.05) is 22.6 Å². The molecule has 1 rings (SSSR count). The van der Waals surface area contributed by atoms with E-state index < -0.39 is 0 Å². The lowest BCUT2D eigenvalue weighted by Gasteiger charge is -2.05. The molecule has 1 aromatic rings. The molecule has 0 aliphatic carbocycles. The molecule has 0 fully saturated rings. The Bertz CT molecular complexity index is 414. The number of carbonyl (C=O) groups is 1. The Morgan fingerprint density at radius 3 is 2.93 bits per heavy atom. The van der Waals surface area contributed by atoms with Gasteiger partial charge in [-0.1, -0.05) is 0 Å². The number of halogens is 1. The minimum Gasteiger partial charge on any atom is -0.358 e. The summed E-state index contributed by atoms with van der Waals surface area (Å²) in [4.78, 5) is 26.6. The van der Waals surface area contributed by atoms with Crippen LogP contribution in [0, 0.1) is 10.5 Å². The second-order valence-electron chi connectivity index (χ2n) is 2.75. The van der Waals surface area contributed by atoms with Crippen LogP contribution >= 0.6 is 22.6 Å². The molecular weight excluding hydrogens is 297 g/mol. The number of aryl methyl sites for hydroxylation is 1. The van der Waals surface area contributed by atoms with E-state index in [0.29, 0.717) is 9.26 Å². The predicted molar refractivity (Wildman–Crippen MR) is 60.0 cm³/mol. The number of amides is 1. The molecule has 0 saturated heterocycles. The maximum atomic E-state index is 11.6. The number of rotatable bonds is 2. The maximum Gasteiger partial charge on any atom is 0.267 e. The third-order valence-corrected chi connectivity index (χ3v) is 2.99. The van der Waals surface area contributed by atoms with Gasteiger partial charge in [-0.3, -0.25) is 14.2 Å². The summed E-state index contributed by atoms with van der Waals surface area (Å²) in [7, 11) is 1.53. The molecule has 0 aliphatic heterocycles. The molecule has 0 radical (unpaired) electrons. The molecule has 6 heteroatoms. The Kier molecular flexibility index (Phi) is 3.62. The van der Waals surface area contributed by atoms with E-state index >= 15 is 0 Å². The Labute approximate surface area is 94.7 Å². The van der Waals surface area contributed by atoms with Gasteiger partial charge in [0.25, 0.3) is 5.56 Å². The maximum absolute atomic E-state index is 11.6. The van der Waals surface area contributed by atoms with E-state index in [0.717, 1.165) is 0 Å². The molecule has 0 saturated carbocycles. The lowest BCUT2D eigenvalue weighted by atomic mass is 10.4. The van der Waals surface area contributed by atoms with E-state index in [2.05, 4.69) is 10.3 Å². The zero-order valence-corrected chi connectivity index (χ0v) is 10.0. The predicted octanol–water partition coefficient (Wildman–Crippen LogP) is -0.0977. The number of hydrogen-bond acceptors (Lipinski definition) is 3. The van der Waals surface area contributed by atoms with Crippen molar-refractivity contribution >= 4 is 28.5 Å². The standard InChI is InChI=1S/C8H10IN3O2/c1-5-7(9)8(14)12(4-11-5)3-6(13)10-2/h4H,3H2,1-2H3,(H,10,13). The van der Waals surface area contributed by atoms with E-state index in [9.17, 15) is 9.59 Å². The summed E-state index contributed by atoms with van der Waals surface area (Å²) in [5.41, 5.74) is 0.505. The largest absolute Gasteiger partial charge is 0.358 e. The van der Waals surface area contributed by atoms with Crippen LogP contribution in [0.15, 0.2) is 11.1 Å². The first kappa shape index (κ1) is 11.2. The van der Waals surface area contributed by atoms with Crippen LogP contribution in [-0.2, 0) is 11.3 Å². The van der Waals surface area contributed by atoms with Crippen molar-refractivity contribution in [1.82, 2.24) is 14.9 Å². The molecule has 0 aromatic carbocycles. The first-order valence-electron chi connectivity index (χ1n) is 3.98. The van der Waals surface area contributed by atoms with Crippen LogP contribution < -0.4 is 10.9 Å². The molecule has 0 atom stereocenters. The van der Waals surface area contributed by atoms with Crippen molar-refractivity contribution < 1.29 is 4.79 Å². The Morgan fingerprint density at radius 2 is 2.36 bits per heavy atom. The highest BCUT2D eigenvalue weighted by Crippen LogP contribution is 2.00. The van der Waals surface area contributed by atoms with E-state index in [-0.39, 0.29) is 18.0 Å². The SMILES string of the molecule is CNC(=O)Cn1cnc(C)c(I)c1=O. The molecule has 5 nitrogen and oxygen atoms in total. The molecular formula is C8H10IN3O2. The first-order chi connectivity index (χ1) is 6.56. The van der Waals surface area contributed by atoms with Gasteiger partial charge >= 0.3 is 0 Å². The second-order valence-corrected chi connectivity index (χ2v) is 3.83. The van der Waals surface area contributed by atoms with Crippen molar-refractivity contribution in [2.45, 2.75) is 13.5 Å². The summed E-state index contributed by atoms with van der Waals surface area (Å²) in [5, 5.41) is 2.45. The highest BCUT2D eigenvalue weighted by molar-refractivity contribution is 14.1. The highest BCUT2D eigenvalue weighted by Gasteiger charge is 2.07. The Hall–Kier alpha value is -0.920. The average molecular weight is 307 g/mol. The van der Waals surface area contributed by atoms with Crippen molar-refractivity contribution in [3.05, 3.63) is 25.9 Å². The van der Waals surface area contributed by atoms with Gasteiger partial charge in [-0.05, 0) is 29.5 Å². The number of carbonyl (C=O) groups excluding carboxylic acids is 1. The number of hydrogen-bond donors (Lipinski definition) is 1. The van der Waals surface area contributed by atoms with Crippen LogP contribution in [0.5, 0.6) is 0 Å². The summed E-state index contributed by atoms with van der Waals surface area (Å²) in [6, 6.07) is 0. The van der Waals surface area contributed by atoms with Crippen LogP contribution in [0.25, 0.3) is 0 Å². The molecule has 1 amide bonds. The van der Waals surface area contributed by atoms with Crippen LogP contribution in [0.3, 0.4) is 0 Å². The van der Waals surface area contributed by atoms with Crippen molar-refractivity contribution in [3.8, 4) is 0 Å². The minimum absolute atomic E-state index is 0.0125. The second kappa shape index (κ2) is 4.54. The molecule has 0 bridgehead atoms. The fourth-order valence-corrected chi connectivity index (χ4v) is 1.34. The quantitative estimate of drug-likeness (QED) is 0.776. The molecule has 0 spiro atoms. The van der Waals surface area contributed by atoms with Crippen LogP contribution in [0.1, 0.15) is 5.69 Å². The molecule has 14 heavy (non-hydrogen) atoms. The number of nitrogens with zero attached hydrogens (tertiary/aromatic N) is 2. The van der Waals surface area contributed by atoms with Crippen LogP contribution in [0.4, 0.5) is 0 Å². The summed E-state index contributed by atoms with van der Waals surface area (Å²) in [6.07, 6.45) is 1.38. The molecule has 1 aromatic heterocycles. The average Bonchev–Trinajstić information content (AvgIpc) is 2.19. The van der Waals surface area contributed by atoms with E-state index in [4.69, 9.17) is 0 Å². The fraction of sp³-hybridized carbons (Fsp3) is 0.375. The van der Waals surface area contributed by atoms with Gasteiger partial charge in [-0.15, -0.1) is 0 Å². The zero-order valence-electron chi connectivity index (χ0n) is 7.87. The van der Waals surface area contributed by atoms with Crippen molar-refractivity contribution in [2.24, 2.45) is 0 Å². The van der Waals surface area contributed by atoms with Crippen molar-refractivity contribution in [2.75, 3.05) is 7.05 Å². The summed E-state index contributed by atoms with van der Waals surface area (Å²) >= 11 is 1.93. The number of nitrogens with one attached hydrogen (secondary N) is 1. The zero-order chi connectivity index (χ0) is 10.7. The monoisotopic (exact) mass is 307 g/mol. The molecule has 1 N–H and O–H groups in total. The molecule has 0 aliphatic rings. The molecule has 0 unspecified atom stereocenters. The lowest BCUT2D eigenvalue weighted by Crippen LogP contribution is -2.31. The van der Waals surface area contributed by atoms with Crippen molar-refractivity contribution in [3.63, 3.8) is 0 Å². The summed E-state index contributed by atoms with van der Waals surface area (Å²) in [6.45, 7) is 1.77. The summed E-state index contributed by atoms with van der Waals surface area (Å²) < 4.78 is 1.84. The van der Waals surface area contributed by atoms with Gasteiger partial charge in [-0.25, -0.2) is 4.98 Å². The summed E-state index contributed by atoms with van der Waals surface area (Å²) in [5.74, 6) is -0.214. The van der Waals surface area contributed by atoms with Gasteiger partial charge in [0.2, 0.25) is 5.91 Å². The third kappa shape index (κ3) is 2.31. The third-order valence-electron chi connectivity index (χ3n) is 1.75. The van der Waals surface area contributed by atoms with Gasteiger partial charge in [0.05, 0.1) is 15.6 Å². The van der Waals surface area contributed by atoms with Gasteiger partial charge in [0.15, 0.2) is 0 Å². The number of aromatic nitrogens is 2. The Balaban J connectivity index is 3.06. The highest BCUT2D eigenvalue weighted by atomic mass is 127. The number of likely N-dealkylation sites (N-methyl/N-ethyl adjacent to an activating group) is 1. The molecule has 76 valence electrons. The Morgan fingerprint density at radius 1 is 1.71 bits per heavy atom. The van der Waals surface area contributed by atoms with Gasteiger partial charge in [-0.2, -0.15) is 0 Å². The first-order valence-corrected chi connectivity index (χ1v) is 5.06. The van der Waals surface area contributed by atoms with Crippen molar-refractivity contribution in [1.29, 1.82) is 0 Å². The van der Waals surface area contributed by atoms with Crippen LogP contribution in [0.2, 0.25) is 0 Å². The minimum atomic E-state index is -0.214. The topological polar surface area (TPSA) is 64.0 Å². The smallest absolute Gasteiger partial charge is 0.267 e. The lowest BCUT2D eigenvalue weighted by molar-refractivity contribution is -0.121.